The third-order valence-corrected chi connectivity index (χ3v) is 3.34. The Morgan fingerprint density at radius 1 is 1.08 bits per heavy atom. The number of quaternary nitrogens is 1. The lowest BCUT2D eigenvalue weighted by atomic mass is 10.3. The first-order chi connectivity index (χ1) is 11.5. The number of rotatable bonds is 11. The molecule has 0 spiro atoms. The fourth-order valence-electron chi connectivity index (χ4n) is 1.43. The lowest BCUT2D eigenvalue weighted by molar-refractivity contribution is -0.910. The summed E-state index contributed by atoms with van der Waals surface area (Å²) >= 11 is 0. The minimum atomic E-state index is -4.41. The number of aliphatic hydroxyl groups is 1. The van der Waals surface area contributed by atoms with Crippen molar-refractivity contribution in [2.45, 2.75) is 0 Å². The van der Waals surface area contributed by atoms with E-state index in [4.69, 9.17) is 14.6 Å². The van der Waals surface area contributed by atoms with Crippen LogP contribution in [0.4, 0.5) is 0 Å². The van der Waals surface area contributed by atoms with Crippen LogP contribution in [0.5, 0.6) is 0 Å². The number of esters is 2. The van der Waals surface area contributed by atoms with Gasteiger partial charge in [-0.2, -0.15) is 0 Å². The Kier molecular flexibility index (Phi) is 13.7. The Labute approximate surface area is 147 Å². The molecule has 0 aliphatic carbocycles. The normalized spacial score (nSPS) is 10.9. The van der Waals surface area contributed by atoms with Gasteiger partial charge in [-0.3, -0.25) is 4.18 Å². The molecule has 0 aliphatic rings. The van der Waals surface area contributed by atoms with Gasteiger partial charge in [0.25, 0.3) is 0 Å². The maximum atomic E-state index is 10.9. The third kappa shape index (κ3) is 16.8. The van der Waals surface area contributed by atoms with E-state index < -0.39 is 22.3 Å². The first-order valence-electron chi connectivity index (χ1n) is 7.07. The minimum Gasteiger partial charge on any atom is -0.726 e. The summed E-state index contributed by atoms with van der Waals surface area (Å²) < 4.78 is 41.3. The van der Waals surface area contributed by atoms with Gasteiger partial charge in [0.1, 0.15) is 32.8 Å². The molecule has 0 unspecified atom stereocenters. The number of ether oxygens (including phenoxy) is 2. The van der Waals surface area contributed by atoms with Gasteiger partial charge in [-0.15, -0.1) is 0 Å². The Balaban J connectivity index is 0. The van der Waals surface area contributed by atoms with Gasteiger partial charge >= 0.3 is 11.9 Å². The first-order valence-corrected chi connectivity index (χ1v) is 8.41. The number of hydrogen-bond donors (Lipinski definition) is 1. The third-order valence-electron chi connectivity index (χ3n) is 2.93. The number of nitrogens with zero attached hydrogens (tertiary/aromatic N) is 1. The summed E-state index contributed by atoms with van der Waals surface area (Å²) in [6.45, 7) is 8.57. The molecule has 0 saturated carbocycles. The maximum Gasteiger partial charge on any atom is 0.330 e. The smallest absolute Gasteiger partial charge is 0.330 e. The average molecular weight is 383 g/mol. The highest BCUT2D eigenvalue weighted by Gasteiger charge is 2.21. The second kappa shape index (κ2) is 13.5. The summed E-state index contributed by atoms with van der Waals surface area (Å²) in [5.41, 5.74) is 0. The SMILES string of the molecule is C=CC(=O)OCC[N+](C)(CCO)CCOC(=O)C=C.COS(=O)(=O)[O-]. The molecule has 0 aliphatic heterocycles. The predicted molar refractivity (Wildman–Crippen MR) is 86.9 cm³/mol. The van der Waals surface area contributed by atoms with E-state index >= 15 is 0 Å². The van der Waals surface area contributed by atoms with Gasteiger partial charge in [-0.05, 0) is 0 Å². The van der Waals surface area contributed by atoms with Crippen molar-refractivity contribution in [2.75, 3.05) is 53.6 Å². The van der Waals surface area contributed by atoms with E-state index in [2.05, 4.69) is 17.3 Å². The highest BCUT2D eigenvalue weighted by atomic mass is 32.3. The van der Waals surface area contributed by atoms with E-state index in [1.54, 1.807) is 0 Å². The van der Waals surface area contributed by atoms with E-state index in [0.717, 1.165) is 19.3 Å². The second-order valence-electron chi connectivity index (χ2n) is 4.83. The standard InChI is InChI=1S/C13H22NO5.CH4O4S/c1-4-12(16)18-10-7-14(3,6-9-15)8-11-19-13(17)5-2;1-5-6(2,3)4/h4-5,15H,1-2,6-11H2,3H3;1H3,(H,2,3,4)/q+1;/p-1. The summed E-state index contributed by atoms with van der Waals surface area (Å²) in [6, 6.07) is 0. The average Bonchev–Trinajstić information content (AvgIpc) is 2.54. The molecule has 0 heterocycles. The van der Waals surface area contributed by atoms with Crippen molar-refractivity contribution >= 4 is 22.3 Å². The molecule has 0 aromatic heterocycles. The zero-order chi connectivity index (χ0) is 19.9. The molecule has 146 valence electrons. The molecule has 0 aromatic carbocycles. The molecule has 0 saturated heterocycles. The van der Waals surface area contributed by atoms with E-state index in [9.17, 15) is 22.6 Å². The summed E-state index contributed by atoms with van der Waals surface area (Å²) in [6.07, 6.45) is 2.20. The van der Waals surface area contributed by atoms with E-state index in [1.165, 1.54) is 0 Å². The molecule has 11 heteroatoms. The Bertz CT molecular complexity index is 504. The van der Waals surface area contributed by atoms with Crippen LogP contribution < -0.4 is 0 Å². The minimum absolute atomic E-state index is 0.00130. The van der Waals surface area contributed by atoms with Gasteiger partial charge in [0.05, 0.1) is 20.8 Å². The van der Waals surface area contributed by atoms with Crippen molar-refractivity contribution in [1.82, 2.24) is 0 Å². The Morgan fingerprint density at radius 3 is 1.68 bits per heavy atom. The second-order valence-corrected chi connectivity index (χ2v) is 5.98. The molecule has 0 atom stereocenters. The van der Waals surface area contributed by atoms with Gasteiger partial charge in [-0.1, -0.05) is 13.2 Å². The summed E-state index contributed by atoms with van der Waals surface area (Å²) in [5.74, 6) is -0.956. The molecule has 0 amide bonds. The zero-order valence-electron chi connectivity index (χ0n) is 14.4. The van der Waals surface area contributed by atoms with Crippen molar-refractivity contribution in [3.8, 4) is 0 Å². The van der Waals surface area contributed by atoms with Crippen molar-refractivity contribution in [3.63, 3.8) is 0 Å². The lowest BCUT2D eigenvalue weighted by Crippen LogP contribution is -2.50. The first kappa shape index (κ1) is 25.5. The monoisotopic (exact) mass is 383 g/mol. The van der Waals surface area contributed by atoms with Gasteiger partial charge < -0.3 is 23.6 Å². The molecule has 25 heavy (non-hydrogen) atoms. The number of carbonyl (C=O) groups is 2. The number of likely N-dealkylation sites (N-methyl/N-ethyl adjacent to an activating group) is 1. The number of carbonyl (C=O) groups excluding carboxylic acids is 2. The highest BCUT2D eigenvalue weighted by molar-refractivity contribution is 7.80. The van der Waals surface area contributed by atoms with Crippen LogP contribution in [0.25, 0.3) is 0 Å². The summed E-state index contributed by atoms with van der Waals surface area (Å²) in [7, 11) is -1.72. The van der Waals surface area contributed by atoms with Crippen LogP contribution in [-0.4, -0.2) is 88.1 Å². The molecule has 1 N–H and O–H groups in total. The highest BCUT2D eigenvalue weighted by Crippen LogP contribution is 2.02. The predicted octanol–water partition coefficient (Wildman–Crippen LogP) is -1.02. The molecular weight excluding hydrogens is 358 g/mol. The van der Waals surface area contributed by atoms with Crippen LogP contribution >= 0.6 is 0 Å². The molecule has 10 nitrogen and oxygen atoms in total. The molecule has 0 rings (SSSR count). The van der Waals surface area contributed by atoms with Gasteiger partial charge in [0, 0.05) is 12.2 Å². The van der Waals surface area contributed by atoms with Crippen LogP contribution in [0.1, 0.15) is 0 Å². The van der Waals surface area contributed by atoms with Crippen LogP contribution in [0.2, 0.25) is 0 Å². The fraction of sp³-hybridized carbons (Fsp3) is 0.571. The molecule has 0 radical (unpaired) electrons. The largest absolute Gasteiger partial charge is 0.726 e. The van der Waals surface area contributed by atoms with Crippen LogP contribution in [0.15, 0.2) is 25.3 Å². The van der Waals surface area contributed by atoms with Crippen LogP contribution in [-0.2, 0) is 33.6 Å². The van der Waals surface area contributed by atoms with Gasteiger partial charge in [0.15, 0.2) is 0 Å². The number of hydrogen-bond acceptors (Lipinski definition) is 9. The van der Waals surface area contributed by atoms with E-state index in [1.807, 2.05) is 7.05 Å². The van der Waals surface area contributed by atoms with Crippen molar-refractivity contribution < 1.29 is 45.8 Å². The van der Waals surface area contributed by atoms with E-state index in [0.29, 0.717) is 24.1 Å². The van der Waals surface area contributed by atoms with Crippen molar-refractivity contribution in [2.24, 2.45) is 0 Å². The van der Waals surface area contributed by atoms with E-state index in [-0.39, 0.29) is 19.8 Å². The topological polar surface area (TPSA) is 139 Å². The van der Waals surface area contributed by atoms with Crippen LogP contribution in [0, 0.1) is 0 Å². The maximum absolute atomic E-state index is 10.9. The summed E-state index contributed by atoms with van der Waals surface area (Å²) in [4.78, 5) is 21.8. The zero-order valence-corrected chi connectivity index (χ0v) is 15.2. The summed E-state index contributed by atoms with van der Waals surface area (Å²) in [5, 5.41) is 9.05. The number of aliphatic hydroxyl groups excluding tert-OH is 1. The molecule has 0 bridgehead atoms. The fourth-order valence-corrected chi connectivity index (χ4v) is 1.43. The van der Waals surface area contributed by atoms with Crippen LogP contribution in [0.3, 0.4) is 0 Å². The quantitative estimate of drug-likeness (QED) is 0.156. The Morgan fingerprint density at radius 2 is 1.44 bits per heavy atom. The van der Waals surface area contributed by atoms with Gasteiger partial charge in [-0.25, -0.2) is 18.0 Å². The molecule has 0 fully saturated rings. The van der Waals surface area contributed by atoms with Crippen molar-refractivity contribution in [1.29, 1.82) is 0 Å². The molecule has 0 aromatic rings. The lowest BCUT2D eigenvalue weighted by Gasteiger charge is -2.33. The Hall–Kier alpha value is -1.79. The molecular formula is C14H25NO9S. The van der Waals surface area contributed by atoms with Gasteiger partial charge in [0.2, 0.25) is 10.4 Å². The van der Waals surface area contributed by atoms with Crippen molar-refractivity contribution in [3.05, 3.63) is 25.3 Å².